The van der Waals surface area contributed by atoms with Crippen molar-refractivity contribution in [2.75, 3.05) is 26.7 Å². The van der Waals surface area contributed by atoms with E-state index in [2.05, 4.69) is 4.98 Å². The van der Waals surface area contributed by atoms with Crippen molar-refractivity contribution in [1.82, 2.24) is 14.8 Å². The Bertz CT molecular complexity index is 509. The van der Waals surface area contributed by atoms with Crippen LogP contribution < -0.4 is 0 Å². The van der Waals surface area contributed by atoms with E-state index in [1.54, 1.807) is 7.05 Å². The molecule has 1 aliphatic rings. The average Bonchev–Trinajstić information content (AvgIpc) is 2.35. The van der Waals surface area contributed by atoms with Crippen LogP contribution in [0, 0.1) is 5.82 Å². The van der Waals surface area contributed by atoms with Crippen LogP contribution in [0.15, 0.2) is 12.3 Å². The second-order valence-electron chi connectivity index (χ2n) is 4.03. The van der Waals surface area contributed by atoms with E-state index in [-0.39, 0.29) is 23.2 Å². The van der Waals surface area contributed by atoms with Crippen molar-refractivity contribution in [2.45, 2.75) is 0 Å². The van der Waals surface area contributed by atoms with Gasteiger partial charge in [-0.2, -0.15) is 0 Å². The van der Waals surface area contributed by atoms with Crippen LogP contribution in [0.25, 0.3) is 0 Å². The Kier molecular flexibility index (Phi) is 3.47. The molecule has 0 spiro atoms. The standard InChI is InChI=1S/C11H11ClFN3O2/c1-15-2-3-16(6-9(15)17)11(18)8-4-7(13)5-14-10(8)12/h4-5H,2-3,6H2,1H3. The van der Waals surface area contributed by atoms with E-state index in [1.165, 1.54) is 9.80 Å². The Morgan fingerprint density at radius 3 is 2.89 bits per heavy atom. The van der Waals surface area contributed by atoms with Crippen LogP contribution >= 0.6 is 11.6 Å². The van der Waals surface area contributed by atoms with Crippen molar-refractivity contribution in [3.05, 3.63) is 28.8 Å². The minimum atomic E-state index is -0.636. The molecule has 0 atom stereocenters. The van der Waals surface area contributed by atoms with Gasteiger partial charge in [-0.25, -0.2) is 9.37 Å². The number of nitrogens with zero attached hydrogens (tertiary/aromatic N) is 3. The Hall–Kier alpha value is -1.69. The first-order valence-electron chi connectivity index (χ1n) is 5.33. The molecular formula is C11H11ClFN3O2. The van der Waals surface area contributed by atoms with E-state index in [0.29, 0.717) is 13.1 Å². The number of halogens is 2. The number of hydrogen-bond acceptors (Lipinski definition) is 3. The summed E-state index contributed by atoms with van der Waals surface area (Å²) in [5, 5.41) is -0.0622. The van der Waals surface area contributed by atoms with Crippen LogP contribution in [0.1, 0.15) is 10.4 Å². The molecule has 0 unspecified atom stereocenters. The number of rotatable bonds is 1. The van der Waals surface area contributed by atoms with E-state index >= 15 is 0 Å². The fourth-order valence-electron chi connectivity index (χ4n) is 1.67. The van der Waals surface area contributed by atoms with Crippen LogP contribution in [0.5, 0.6) is 0 Å². The first kappa shape index (κ1) is 12.8. The third-order valence-electron chi connectivity index (χ3n) is 2.78. The Morgan fingerprint density at radius 1 is 1.50 bits per heavy atom. The molecular weight excluding hydrogens is 261 g/mol. The van der Waals surface area contributed by atoms with Crippen LogP contribution in [-0.2, 0) is 4.79 Å². The molecule has 1 aliphatic heterocycles. The van der Waals surface area contributed by atoms with Crippen molar-refractivity contribution < 1.29 is 14.0 Å². The molecule has 2 amide bonds. The van der Waals surface area contributed by atoms with E-state index in [9.17, 15) is 14.0 Å². The molecule has 0 aromatic carbocycles. The minimum Gasteiger partial charge on any atom is -0.342 e. The first-order valence-corrected chi connectivity index (χ1v) is 5.71. The maximum Gasteiger partial charge on any atom is 0.257 e. The molecule has 7 heteroatoms. The lowest BCUT2D eigenvalue weighted by atomic mass is 10.2. The van der Waals surface area contributed by atoms with Gasteiger partial charge in [0.05, 0.1) is 11.8 Å². The van der Waals surface area contributed by atoms with Crippen molar-refractivity contribution in [3.8, 4) is 0 Å². The number of piperazine rings is 1. The van der Waals surface area contributed by atoms with Gasteiger partial charge in [-0.05, 0) is 6.07 Å². The summed E-state index contributed by atoms with van der Waals surface area (Å²) in [6.45, 7) is 0.820. The zero-order valence-corrected chi connectivity index (χ0v) is 10.4. The van der Waals surface area contributed by atoms with Gasteiger partial charge in [0, 0.05) is 20.1 Å². The van der Waals surface area contributed by atoms with Gasteiger partial charge in [0.2, 0.25) is 5.91 Å². The zero-order valence-electron chi connectivity index (χ0n) is 9.69. The quantitative estimate of drug-likeness (QED) is 0.710. The maximum atomic E-state index is 13.0. The lowest BCUT2D eigenvalue weighted by molar-refractivity contribution is -0.133. The minimum absolute atomic E-state index is 0.0194. The first-order chi connectivity index (χ1) is 8.49. The monoisotopic (exact) mass is 271 g/mol. The molecule has 0 bridgehead atoms. The van der Waals surface area contributed by atoms with E-state index in [4.69, 9.17) is 11.6 Å². The fourth-order valence-corrected chi connectivity index (χ4v) is 1.86. The average molecular weight is 272 g/mol. The molecule has 96 valence electrons. The molecule has 0 aliphatic carbocycles. The summed E-state index contributed by atoms with van der Waals surface area (Å²) in [6.07, 6.45) is 0.939. The summed E-state index contributed by atoms with van der Waals surface area (Å²) in [7, 11) is 1.67. The van der Waals surface area contributed by atoms with Gasteiger partial charge in [-0.1, -0.05) is 11.6 Å². The summed E-state index contributed by atoms with van der Waals surface area (Å²) in [5.41, 5.74) is -0.0194. The second kappa shape index (κ2) is 4.89. The summed E-state index contributed by atoms with van der Waals surface area (Å²) in [4.78, 5) is 30.0. The van der Waals surface area contributed by atoms with Crippen molar-refractivity contribution in [2.24, 2.45) is 0 Å². The van der Waals surface area contributed by atoms with Crippen LogP contribution in [0.4, 0.5) is 4.39 Å². The SMILES string of the molecule is CN1CCN(C(=O)c2cc(F)cnc2Cl)CC1=O. The van der Waals surface area contributed by atoms with E-state index in [0.717, 1.165) is 12.3 Å². The van der Waals surface area contributed by atoms with Crippen molar-refractivity contribution >= 4 is 23.4 Å². The number of aromatic nitrogens is 1. The van der Waals surface area contributed by atoms with Crippen LogP contribution in [0.3, 0.4) is 0 Å². The molecule has 0 saturated carbocycles. The molecule has 18 heavy (non-hydrogen) atoms. The second-order valence-corrected chi connectivity index (χ2v) is 4.39. The Labute approximate surface area is 108 Å². The highest BCUT2D eigenvalue weighted by molar-refractivity contribution is 6.32. The van der Waals surface area contributed by atoms with Gasteiger partial charge in [0.15, 0.2) is 0 Å². The Balaban J connectivity index is 2.21. The van der Waals surface area contributed by atoms with Gasteiger partial charge in [-0.3, -0.25) is 9.59 Å². The molecule has 2 rings (SSSR count). The van der Waals surface area contributed by atoms with Crippen LogP contribution in [0.2, 0.25) is 5.15 Å². The number of carbonyl (C=O) groups excluding carboxylic acids is 2. The van der Waals surface area contributed by atoms with Gasteiger partial charge >= 0.3 is 0 Å². The molecule has 1 fully saturated rings. The summed E-state index contributed by atoms with van der Waals surface area (Å²) < 4.78 is 13.0. The smallest absolute Gasteiger partial charge is 0.257 e. The third kappa shape index (κ3) is 2.43. The van der Waals surface area contributed by atoms with Crippen LogP contribution in [-0.4, -0.2) is 53.3 Å². The van der Waals surface area contributed by atoms with E-state index in [1.807, 2.05) is 0 Å². The van der Waals surface area contributed by atoms with Gasteiger partial charge in [0.1, 0.15) is 17.5 Å². The lowest BCUT2D eigenvalue weighted by Crippen LogP contribution is -2.50. The number of carbonyl (C=O) groups is 2. The van der Waals surface area contributed by atoms with E-state index < -0.39 is 11.7 Å². The van der Waals surface area contributed by atoms with Crippen molar-refractivity contribution in [3.63, 3.8) is 0 Å². The molecule has 2 heterocycles. The molecule has 0 radical (unpaired) electrons. The Morgan fingerprint density at radius 2 is 2.22 bits per heavy atom. The van der Waals surface area contributed by atoms with Gasteiger partial charge in [0.25, 0.3) is 5.91 Å². The third-order valence-corrected chi connectivity index (χ3v) is 3.08. The topological polar surface area (TPSA) is 53.5 Å². The normalized spacial score (nSPS) is 16.1. The van der Waals surface area contributed by atoms with Gasteiger partial charge in [-0.15, -0.1) is 0 Å². The molecule has 0 N–H and O–H groups in total. The number of pyridine rings is 1. The number of hydrogen-bond donors (Lipinski definition) is 0. The highest BCUT2D eigenvalue weighted by atomic mass is 35.5. The lowest BCUT2D eigenvalue weighted by Gasteiger charge is -2.32. The predicted molar refractivity (Wildman–Crippen MR) is 62.7 cm³/mol. The molecule has 1 saturated heterocycles. The summed E-state index contributed by atoms with van der Waals surface area (Å²) in [5.74, 6) is -1.27. The summed E-state index contributed by atoms with van der Waals surface area (Å²) >= 11 is 5.75. The van der Waals surface area contributed by atoms with Crippen molar-refractivity contribution in [1.29, 1.82) is 0 Å². The number of amides is 2. The zero-order chi connectivity index (χ0) is 13.3. The highest BCUT2D eigenvalue weighted by Crippen LogP contribution is 2.17. The molecule has 1 aromatic heterocycles. The largest absolute Gasteiger partial charge is 0.342 e. The summed E-state index contributed by atoms with van der Waals surface area (Å²) in [6, 6.07) is 1.03. The fraction of sp³-hybridized carbons (Fsp3) is 0.364. The highest BCUT2D eigenvalue weighted by Gasteiger charge is 2.27. The predicted octanol–water partition coefficient (Wildman–Crippen LogP) is 0.788. The molecule has 5 nitrogen and oxygen atoms in total. The molecule has 1 aromatic rings. The maximum absolute atomic E-state index is 13.0. The van der Waals surface area contributed by atoms with Gasteiger partial charge < -0.3 is 9.80 Å². The number of likely N-dealkylation sites (N-methyl/N-ethyl adjacent to an activating group) is 1.